The fourth-order valence-electron chi connectivity index (χ4n) is 4.26. The number of ether oxygens (including phenoxy) is 2. The Balaban J connectivity index is 1.65. The van der Waals surface area contributed by atoms with Gasteiger partial charge in [0.1, 0.15) is 17.1 Å². The van der Waals surface area contributed by atoms with Gasteiger partial charge in [0, 0.05) is 5.92 Å². The average molecular weight is 440 g/mol. The van der Waals surface area contributed by atoms with Gasteiger partial charge in [0.05, 0.1) is 11.1 Å². The molecule has 4 rings (SSSR count). The lowest BCUT2D eigenvalue weighted by Gasteiger charge is -2.34. The zero-order chi connectivity index (χ0) is 22.9. The highest BCUT2D eigenvalue weighted by molar-refractivity contribution is 5.91. The number of carbonyl (C=O) groups is 1. The van der Waals surface area contributed by atoms with Gasteiger partial charge in [-0.3, -0.25) is 0 Å². The molecule has 1 atom stereocenters. The Morgan fingerprint density at radius 3 is 2.34 bits per heavy atom. The minimum Gasteiger partial charge on any atom is -0.487 e. The topological polar surface area (TPSA) is 35.5 Å². The van der Waals surface area contributed by atoms with Crippen molar-refractivity contribution in [3.63, 3.8) is 0 Å². The summed E-state index contributed by atoms with van der Waals surface area (Å²) < 4.78 is 52.5. The van der Waals surface area contributed by atoms with Crippen molar-refractivity contribution in [2.75, 3.05) is 0 Å². The molecule has 0 saturated carbocycles. The van der Waals surface area contributed by atoms with Gasteiger partial charge in [-0.1, -0.05) is 42.5 Å². The Morgan fingerprint density at radius 2 is 1.62 bits per heavy atom. The van der Waals surface area contributed by atoms with Crippen molar-refractivity contribution in [2.45, 2.75) is 44.4 Å². The normalized spacial score (nSPS) is 15.8. The average Bonchev–Trinajstić information content (AvgIpc) is 3.18. The van der Waals surface area contributed by atoms with E-state index in [1.807, 2.05) is 24.3 Å². The number of hydrogen-bond acceptors (Lipinski definition) is 3. The van der Waals surface area contributed by atoms with Crippen LogP contribution in [0.1, 0.15) is 53.2 Å². The van der Waals surface area contributed by atoms with E-state index >= 15 is 0 Å². The summed E-state index contributed by atoms with van der Waals surface area (Å²) in [7, 11) is 0. The second-order valence-electron chi connectivity index (χ2n) is 8.41. The molecular weight excluding hydrogens is 417 g/mol. The van der Waals surface area contributed by atoms with Gasteiger partial charge in [-0.15, -0.1) is 0 Å². The summed E-state index contributed by atoms with van der Waals surface area (Å²) in [5.74, 6) is -0.893. The molecule has 1 unspecified atom stereocenters. The maximum Gasteiger partial charge on any atom is 0.419 e. The first kappa shape index (κ1) is 21.9. The van der Waals surface area contributed by atoms with Crippen molar-refractivity contribution in [1.82, 2.24) is 0 Å². The maximum absolute atomic E-state index is 13.7. The summed E-state index contributed by atoms with van der Waals surface area (Å²) in [5.41, 5.74) is 0.415. The number of esters is 1. The monoisotopic (exact) mass is 440 g/mol. The van der Waals surface area contributed by atoms with E-state index in [1.165, 1.54) is 5.56 Å². The van der Waals surface area contributed by atoms with Crippen LogP contribution in [0.25, 0.3) is 0 Å². The minimum atomic E-state index is -4.62. The van der Waals surface area contributed by atoms with Crippen molar-refractivity contribution >= 4 is 5.97 Å². The molecule has 0 radical (unpaired) electrons. The summed E-state index contributed by atoms with van der Waals surface area (Å²) >= 11 is 0. The molecule has 0 heterocycles. The molecule has 3 nitrogen and oxygen atoms in total. The Morgan fingerprint density at radius 1 is 0.938 bits per heavy atom. The summed E-state index contributed by atoms with van der Waals surface area (Å²) in [6, 6.07) is 19.4. The third kappa shape index (κ3) is 4.49. The molecule has 0 amide bonds. The number of benzene rings is 3. The molecule has 0 aromatic heterocycles. The Labute approximate surface area is 184 Å². The molecule has 0 spiro atoms. The van der Waals surface area contributed by atoms with Crippen molar-refractivity contribution in [1.29, 1.82) is 0 Å². The fourth-order valence-corrected chi connectivity index (χ4v) is 4.26. The van der Waals surface area contributed by atoms with Gasteiger partial charge in [0.15, 0.2) is 0 Å². The summed E-state index contributed by atoms with van der Waals surface area (Å²) in [4.78, 5) is 12.6. The van der Waals surface area contributed by atoms with Crippen LogP contribution >= 0.6 is 0 Å². The summed E-state index contributed by atoms with van der Waals surface area (Å²) in [6.45, 7) is 3.57. The molecule has 0 fully saturated rings. The smallest absolute Gasteiger partial charge is 0.419 e. The third-order valence-corrected chi connectivity index (χ3v) is 5.82. The highest BCUT2D eigenvalue weighted by atomic mass is 19.4. The third-order valence-electron chi connectivity index (χ3n) is 5.82. The largest absolute Gasteiger partial charge is 0.487 e. The van der Waals surface area contributed by atoms with E-state index in [1.54, 1.807) is 44.2 Å². The van der Waals surface area contributed by atoms with Crippen LogP contribution in [0.4, 0.5) is 13.2 Å². The van der Waals surface area contributed by atoms with Gasteiger partial charge in [-0.2, -0.15) is 13.2 Å². The Hall–Kier alpha value is -3.28. The van der Waals surface area contributed by atoms with E-state index in [-0.39, 0.29) is 17.2 Å². The van der Waals surface area contributed by atoms with E-state index < -0.39 is 23.3 Å². The van der Waals surface area contributed by atoms with Crippen molar-refractivity contribution in [3.8, 4) is 11.5 Å². The molecule has 32 heavy (non-hydrogen) atoms. The maximum atomic E-state index is 13.7. The zero-order valence-corrected chi connectivity index (χ0v) is 17.8. The van der Waals surface area contributed by atoms with Gasteiger partial charge in [-0.25, -0.2) is 4.79 Å². The number of fused-ring (bicyclic) bond motifs is 1. The molecule has 166 valence electrons. The number of aryl methyl sites for hydroxylation is 1. The lowest BCUT2D eigenvalue weighted by Crippen LogP contribution is -2.35. The summed E-state index contributed by atoms with van der Waals surface area (Å²) in [5, 5.41) is 0. The van der Waals surface area contributed by atoms with Crippen LogP contribution in [0, 0.1) is 0 Å². The molecule has 6 heteroatoms. The van der Waals surface area contributed by atoms with Gasteiger partial charge < -0.3 is 9.47 Å². The van der Waals surface area contributed by atoms with E-state index in [0.29, 0.717) is 5.75 Å². The predicted molar refractivity (Wildman–Crippen MR) is 115 cm³/mol. The first-order chi connectivity index (χ1) is 15.1. The van der Waals surface area contributed by atoms with Crippen LogP contribution in [0.2, 0.25) is 0 Å². The predicted octanol–water partition coefficient (Wildman–Crippen LogP) is 6.81. The van der Waals surface area contributed by atoms with Crippen LogP contribution in [-0.2, 0) is 12.6 Å². The second kappa shape index (κ2) is 8.34. The molecule has 0 N–H and O–H groups in total. The SMILES string of the molecule is CC(C)(Oc1cc(C(=O)Oc2ccccc2)ccc1C(F)(F)F)C1CCc2ccccc21. The Kier molecular flexibility index (Phi) is 5.71. The van der Waals surface area contributed by atoms with Crippen molar-refractivity contribution in [3.05, 3.63) is 95.1 Å². The lowest BCUT2D eigenvalue weighted by molar-refractivity contribution is -0.140. The van der Waals surface area contributed by atoms with Gasteiger partial charge in [-0.05, 0) is 68.1 Å². The molecular formula is C26H23F3O3. The van der Waals surface area contributed by atoms with Gasteiger partial charge >= 0.3 is 12.1 Å². The van der Waals surface area contributed by atoms with Gasteiger partial charge in [0.25, 0.3) is 0 Å². The van der Waals surface area contributed by atoms with Crippen LogP contribution in [0.3, 0.4) is 0 Å². The van der Waals surface area contributed by atoms with Crippen LogP contribution in [-0.4, -0.2) is 11.6 Å². The standard InChI is InChI=1S/C26H23F3O3/c1-25(2,21-14-12-17-8-6-7-11-20(17)21)32-23-16-18(13-15-22(23)26(27,28)29)24(30)31-19-9-4-3-5-10-19/h3-11,13,15-16,21H,12,14H2,1-2H3. The van der Waals surface area contributed by atoms with Crippen molar-refractivity contribution in [2.24, 2.45) is 0 Å². The first-order valence-electron chi connectivity index (χ1n) is 10.4. The molecule has 3 aromatic carbocycles. The quantitative estimate of drug-likeness (QED) is 0.323. The molecule has 0 bridgehead atoms. The number of alkyl halides is 3. The van der Waals surface area contributed by atoms with E-state index in [9.17, 15) is 18.0 Å². The Bertz CT molecular complexity index is 1120. The highest BCUT2D eigenvalue weighted by Crippen LogP contribution is 2.45. The number of carbonyl (C=O) groups excluding carboxylic acids is 1. The number of para-hydroxylation sites is 1. The van der Waals surface area contributed by atoms with Crippen LogP contribution in [0.15, 0.2) is 72.8 Å². The molecule has 3 aromatic rings. The number of hydrogen-bond donors (Lipinski definition) is 0. The molecule has 1 aliphatic carbocycles. The van der Waals surface area contributed by atoms with Crippen molar-refractivity contribution < 1.29 is 27.4 Å². The van der Waals surface area contributed by atoms with Crippen LogP contribution in [0.5, 0.6) is 11.5 Å². The molecule has 0 aliphatic heterocycles. The molecule has 0 saturated heterocycles. The van der Waals surface area contributed by atoms with E-state index in [0.717, 1.165) is 36.6 Å². The number of halogens is 3. The lowest BCUT2D eigenvalue weighted by atomic mass is 9.85. The zero-order valence-electron chi connectivity index (χ0n) is 17.8. The van der Waals surface area contributed by atoms with E-state index in [4.69, 9.17) is 9.47 Å². The second-order valence-corrected chi connectivity index (χ2v) is 8.41. The van der Waals surface area contributed by atoms with E-state index in [2.05, 4.69) is 0 Å². The number of rotatable bonds is 5. The first-order valence-corrected chi connectivity index (χ1v) is 10.4. The fraction of sp³-hybridized carbons (Fsp3) is 0.269. The highest BCUT2D eigenvalue weighted by Gasteiger charge is 2.41. The molecule has 1 aliphatic rings. The minimum absolute atomic E-state index is 0.0144. The van der Waals surface area contributed by atoms with Gasteiger partial charge in [0.2, 0.25) is 0 Å². The van der Waals surface area contributed by atoms with Crippen LogP contribution < -0.4 is 9.47 Å². The summed E-state index contributed by atoms with van der Waals surface area (Å²) in [6.07, 6.45) is -2.99.